The van der Waals surface area contributed by atoms with Gasteiger partial charge in [0.2, 0.25) is 0 Å². The quantitative estimate of drug-likeness (QED) is 0.232. The zero-order valence-electron chi connectivity index (χ0n) is 24.9. The summed E-state index contributed by atoms with van der Waals surface area (Å²) < 4.78 is 47.6. The molecule has 3 aromatic heterocycles. The largest absolute Gasteiger partial charge is 0.490 e. The van der Waals surface area contributed by atoms with E-state index in [1.54, 1.807) is 45.9 Å². The lowest BCUT2D eigenvalue weighted by Gasteiger charge is -2.28. The fourth-order valence-corrected chi connectivity index (χ4v) is 5.52. The van der Waals surface area contributed by atoms with Gasteiger partial charge in [-0.05, 0) is 76.8 Å². The predicted molar refractivity (Wildman–Crippen MR) is 155 cm³/mol. The topological polar surface area (TPSA) is 125 Å². The van der Waals surface area contributed by atoms with Crippen molar-refractivity contribution in [3.8, 4) is 28.6 Å². The molecule has 44 heavy (non-hydrogen) atoms. The Morgan fingerprint density at radius 1 is 1.14 bits per heavy atom. The molecule has 0 saturated heterocycles. The van der Waals surface area contributed by atoms with E-state index in [0.29, 0.717) is 47.9 Å². The number of rotatable bonds is 7. The molecule has 0 spiro atoms. The van der Waals surface area contributed by atoms with Crippen LogP contribution in [0.3, 0.4) is 0 Å². The average Bonchev–Trinajstić information content (AvgIpc) is 3.61. The van der Waals surface area contributed by atoms with Crippen LogP contribution >= 0.6 is 0 Å². The van der Waals surface area contributed by atoms with Crippen molar-refractivity contribution in [3.63, 3.8) is 0 Å². The number of ether oxygens (including phenoxy) is 2. The molecule has 12 heteroatoms. The van der Waals surface area contributed by atoms with Crippen LogP contribution in [0, 0.1) is 25.5 Å². The Morgan fingerprint density at radius 2 is 1.89 bits per heavy atom. The van der Waals surface area contributed by atoms with Crippen molar-refractivity contribution >= 4 is 11.6 Å². The van der Waals surface area contributed by atoms with Crippen LogP contribution in [-0.2, 0) is 22.4 Å². The molecule has 1 aliphatic heterocycles. The van der Waals surface area contributed by atoms with Gasteiger partial charge in [-0.3, -0.25) is 0 Å². The Labute approximate surface area is 251 Å². The van der Waals surface area contributed by atoms with Crippen LogP contribution in [0.4, 0.5) is 8.78 Å². The summed E-state index contributed by atoms with van der Waals surface area (Å²) in [5.74, 6) is -1.43. The lowest BCUT2D eigenvalue weighted by atomic mass is 9.91. The van der Waals surface area contributed by atoms with E-state index in [4.69, 9.17) is 19.1 Å². The number of hydrogen-bond donors (Lipinski definition) is 1. The summed E-state index contributed by atoms with van der Waals surface area (Å²) in [5.41, 5.74) is 3.48. The summed E-state index contributed by atoms with van der Waals surface area (Å²) in [6.45, 7) is 9.25. The summed E-state index contributed by atoms with van der Waals surface area (Å²) in [4.78, 5) is 21.8. The third kappa shape index (κ3) is 5.52. The molecule has 228 valence electrons. The number of aliphatic carboxylic acids is 1. The van der Waals surface area contributed by atoms with Gasteiger partial charge in [-0.2, -0.15) is 10.1 Å². The van der Waals surface area contributed by atoms with Gasteiger partial charge < -0.3 is 19.1 Å². The van der Waals surface area contributed by atoms with Crippen molar-refractivity contribution < 1.29 is 32.7 Å². The van der Waals surface area contributed by atoms with Gasteiger partial charge in [0.05, 0.1) is 17.9 Å². The molecular weight excluding hydrogens is 572 g/mol. The molecular formula is C32H31F2N5O5. The smallest absolute Gasteiger partial charge is 0.337 e. The number of carboxylic acids is 1. The molecule has 0 bridgehead atoms. The highest BCUT2D eigenvalue weighted by Crippen LogP contribution is 2.42. The molecule has 1 atom stereocenters. The van der Waals surface area contributed by atoms with Crippen molar-refractivity contribution in [1.82, 2.24) is 24.7 Å². The Bertz CT molecular complexity index is 1890. The van der Waals surface area contributed by atoms with E-state index in [-0.39, 0.29) is 28.7 Å². The molecule has 0 fully saturated rings. The minimum atomic E-state index is -1.44. The highest BCUT2D eigenvalue weighted by molar-refractivity contribution is 5.82. The summed E-state index contributed by atoms with van der Waals surface area (Å²) in [7, 11) is 0. The van der Waals surface area contributed by atoms with Crippen molar-refractivity contribution in [2.45, 2.75) is 65.6 Å². The molecule has 0 amide bonds. The normalized spacial score (nSPS) is 14.0. The monoisotopic (exact) mass is 603 g/mol. The first-order valence-corrected chi connectivity index (χ1v) is 14.2. The number of carboxylic acid groups (broad SMARTS) is 1. The van der Waals surface area contributed by atoms with Crippen LogP contribution < -0.4 is 4.74 Å². The van der Waals surface area contributed by atoms with E-state index in [1.165, 1.54) is 22.7 Å². The first-order valence-electron chi connectivity index (χ1n) is 14.2. The van der Waals surface area contributed by atoms with Crippen LogP contribution in [0.2, 0.25) is 0 Å². The van der Waals surface area contributed by atoms with Crippen molar-refractivity contribution in [1.29, 1.82) is 0 Å². The minimum Gasteiger partial charge on any atom is -0.490 e. The van der Waals surface area contributed by atoms with Crippen molar-refractivity contribution in [2.75, 3.05) is 6.61 Å². The summed E-state index contributed by atoms with van der Waals surface area (Å²) >= 11 is 0. The number of benzene rings is 2. The second-order valence-corrected chi connectivity index (χ2v) is 11.8. The Balaban J connectivity index is 1.55. The third-order valence-corrected chi connectivity index (χ3v) is 7.44. The maximum atomic E-state index is 15.6. The number of carbonyl (C=O) groups is 1. The number of aryl methyl sites for hydroxylation is 1. The molecule has 6 rings (SSSR count). The summed E-state index contributed by atoms with van der Waals surface area (Å²) in [6.07, 6.45) is 0.209. The SMILES string of the molecule is Cc1nc2cc(-c3nc(Cc4ccc(F)cc4)no3)nn2c(-c2cc(F)c3c(c2C)CCCO3)c1[C@H](OC(C)(C)C)C(=O)O. The number of nitrogens with zero attached hydrogens (tertiary/aromatic N) is 5. The molecule has 0 aliphatic carbocycles. The molecule has 0 saturated carbocycles. The standard InChI is InChI=1S/C32H31F2N5O5/c1-16-20-7-6-12-42-28(20)22(34)14-21(16)27-26(29(31(40)41)43-32(3,4)5)17(2)35-25-15-23(37-39(25)27)30-36-24(38-44-30)13-18-8-10-19(33)11-9-18/h8-11,14-15,29H,6-7,12-13H2,1-5H3,(H,40,41)/t29-/m0/s1. The molecule has 1 aliphatic rings. The maximum Gasteiger partial charge on any atom is 0.337 e. The lowest BCUT2D eigenvalue weighted by molar-refractivity contribution is -0.160. The minimum absolute atomic E-state index is 0.111. The zero-order chi connectivity index (χ0) is 31.3. The Morgan fingerprint density at radius 3 is 2.59 bits per heavy atom. The average molecular weight is 604 g/mol. The van der Waals surface area contributed by atoms with Gasteiger partial charge in [0.25, 0.3) is 5.89 Å². The van der Waals surface area contributed by atoms with Gasteiger partial charge >= 0.3 is 5.97 Å². The van der Waals surface area contributed by atoms with E-state index in [0.717, 1.165) is 23.1 Å². The number of fused-ring (bicyclic) bond motifs is 2. The molecule has 0 unspecified atom stereocenters. The molecule has 4 heterocycles. The maximum absolute atomic E-state index is 15.6. The Kier molecular flexibility index (Phi) is 7.40. The lowest BCUT2D eigenvalue weighted by Crippen LogP contribution is -2.29. The van der Waals surface area contributed by atoms with Gasteiger partial charge in [0.15, 0.2) is 34.8 Å². The van der Waals surface area contributed by atoms with Crippen LogP contribution in [0.15, 0.2) is 40.9 Å². The second kappa shape index (κ2) is 11.1. The van der Waals surface area contributed by atoms with Crippen LogP contribution in [0.25, 0.3) is 28.5 Å². The number of halogens is 2. The number of aromatic nitrogens is 5. The van der Waals surface area contributed by atoms with Gasteiger partial charge in [0.1, 0.15) is 5.82 Å². The first kappa shape index (κ1) is 29.4. The summed E-state index contributed by atoms with van der Waals surface area (Å²) in [6, 6.07) is 8.99. The van der Waals surface area contributed by atoms with Crippen LogP contribution in [-0.4, -0.2) is 48.0 Å². The Hall–Kier alpha value is -4.71. The van der Waals surface area contributed by atoms with E-state index in [2.05, 4.69) is 15.1 Å². The fraction of sp³-hybridized carbons (Fsp3) is 0.344. The summed E-state index contributed by atoms with van der Waals surface area (Å²) in [5, 5.41) is 19.1. The number of hydrogen-bond acceptors (Lipinski definition) is 8. The highest BCUT2D eigenvalue weighted by Gasteiger charge is 2.35. The highest BCUT2D eigenvalue weighted by atomic mass is 19.1. The van der Waals surface area contributed by atoms with Crippen molar-refractivity contribution in [3.05, 3.63) is 81.8 Å². The van der Waals surface area contributed by atoms with E-state index < -0.39 is 23.5 Å². The van der Waals surface area contributed by atoms with Crippen LogP contribution in [0.5, 0.6) is 5.75 Å². The van der Waals surface area contributed by atoms with E-state index in [1.807, 2.05) is 6.92 Å². The molecule has 2 aromatic carbocycles. The second-order valence-electron chi connectivity index (χ2n) is 11.8. The third-order valence-electron chi connectivity index (χ3n) is 7.44. The van der Waals surface area contributed by atoms with Gasteiger partial charge in [-0.25, -0.2) is 23.1 Å². The van der Waals surface area contributed by atoms with Gasteiger partial charge in [-0.15, -0.1) is 0 Å². The molecule has 1 N–H and O–H groups in total. The predicted octanol–water partition coefficient (Wildman–Crippen LogP) is 6.20. The zero-order valence-corrected chi connectivity index (χ0v) is 24.9. The van der Waals surface area contributed by atoms with Crippen molar-refractivity contribution in [2.24, 2.45) is 0 Å². The molecule has 5 aromatic rings. The first-order chi connectivity index (χ1) is 20.9. The van der Waals surface area contributed by atoms with Gasteiger partial charge in [0, 0.05) is 34.9 Å². The molecule has 0 radical (unpaired) electrons. The van der Waals surface area contributed by atoms with Crippen LogP contribution in [0.1, 0.15) is 67.1 Å². The van der Waals surface area contributed by atoms with E-state index >= 15 is 4.39 Å². The molecule has 10 nitrogen and oxygen atoms in total. The van der Waals surface area contributed by atoms with Gasteiger partial charge in [-0.1, -0.05) is 17.3 Å². The van der Waals surface area contributed by atoms with E-state index in [9.17, 15) is 14.3 Å². The fourth-order valence-electron chi connectivity index (χ4n) is 5.52.